The van der Waals surface area contributed by atoms with Crippen LogP contribution in [-0.4, -0.2) is 11.9 Å². The average molecular weight is 334 g/mol. The summed E-state index contributed by atoms with van der Waals surface area (Å²) in [5.74, 6) is -0.0135. The second-order valence-corrected chi connectivity index (χ2v) is 7.27. The predicted molar refractivity (Wildman–Crippen MR) is 95.5 cm³/mol. The van der Waals surface area contributed by atoms with Gasteiger partial charge in [-0.25, -0.2) is 0 Å². The highest BCUT2D eigenvalue weighted by atomic mass is 35.5. The third-order valence-electron chi connectivity index (χ3n) is 4.15. The van der Waals surface area contributed by atoms with Gasteiger partial charge < -0.3 is 5.32 Å². The molecule has 1 saturated carbocycles. The lowest BCUT2D eigenvalue weighted by atomic mass is 10.1. The number of hydrogen-bond donors (Lipinski definition) is 1. The fraction of sp³-hybridized carbons (Fsp3) is 0.389. The minimum absolute atomic E-state index is 0.0135. The van der Waals surface area contributed by atoms with E-state index in [1.807, 2.05) is 24.3 Å². The highest BCUT2D eigenvalue weighted by Gasteiger charge is 2.13. The van der Waals surface area contributed by atoms with Crippen LogP contribution in [0.1, 0.15) is 43.4 Å². The van der Waals surface area contributed by atoms with E-state index in [1.165, 1.54) is 25.7 Å². The summed E-state index contributed by atoms with van der Waals surface area (Å²) in [4.78, 5) is 13.0. The molecule has 1 aromatic carbocycles. The molecule has 1 aliphatic rings. The van der Waals surface area contributed by atoms with Gasteiger partial charge in [-0.05, 0) is 25.0 Å². The van der Waals surface area contributed by atoms with Crippen molar-refractivity contribution >= 4 is 45.0 Å². The van der Waals surface area contributed by atoms with Crippen molar-refractivity contribution < 1.29 is 4.79 Å². The van der Waals surface area contributed by atoms with Gasteiger partial charge in [0.25, 0.3) is 0 Å². The third-order valence-corrected chi connectivity index (χ3v) is 5.80. The Balaban J connectivity index is 1.66. The van der Waals surface area contributed by atoms with Gasteiger partial charge >= 0.3 is 0 Å². The molecule has 0 radical (unpaired) electrons. The zero-order valence-corrected chi connectivity index (χ0v) is 14.1. The Morgan fingerprint density at radius 2 is 1.91 bits per heavy atom. The van der Waals surface area contributed by atoms with Gasteiger partial charge in [0, 0.05) is 27.1 Å². The number of fused-ring (bicyclic) bond motifs is 1. The highest BCUT2D eigenvalue weighted by Crippen LogP contribution is 2.35. The first-order valence-electron chi connectivity index (χ1n) is 7.89. The van der Waals surface area contributed by atoms with Crippen molar-refractivity contribution in [1.29, 1.82) is 0 Å². The van der Waals surface area contributed by atoms with Crippen LogP contribution in [0.15, 0.2) is 30.3 Å². The monoisotopic (exact) mass is 333 g/mol. The molecule has 0 atom stereocenters. The number of thiophene rings is 1. The summed E-state index contributed by atoms with van der Waals surface area (Å²) in [7, 11) is 0. The molecule has 1 aromatic heterocycles. The summed E-state index contributed by atoms with van der Waals surface area (Å²) in [6, 6.07) is 8.37. The molecule has 0 unspecified atom stereocenters. The Labute approximate surface area is 140 Å². The number of hydrogen-bond acceptors (Lipinski definition) is 2. The Morgan fingerprint density at radius 3 is 2.64 bits per heavy atom. The zero-order valence-electron chi connectivity index (χ0n) is 12.5. The van der Waals surface area contributed by atoms with Crippen LogP contribution >= 0.6 is 22.9 Å². The van der Waals surface area contributed by atoms with Crippen LogP contribution in [0.5, 0.6) is 0 Å². The van der Waals surface area contributed by atoms with Crippen molar-refractivity contribution in [3.8, 4) is 0 Å². The Hall–Kier alpha value is -1.32. The van der Waals surface area contributed by atoms with Crippen molar-refractivity contribution in [2.75, 3.05) is 0 Å². The maximum absolute atomic E-state index is 12.1. The smallest absolute Gasteiger partial charge is 0.244 e. The third kappa shape index (κ3) is 3.71. The van der Waals surface area contributed by atoms with Crippen molar-refractivity contribution in [2.45, 2.75) is 44.6 Å². The molecule has 0 aliphatic heterocycles. The maximum atomic E-state index is 12.1. The van der Waals surface area contributed by atoms with Gasteiger partial charge in [-0.15, -0.1) is 11.3 Å². The molecule has 116 valence electrons. The number of carbonyl (C=O) groups is 1. The van der Waals surface area contributed by atoms with Gasteiger partial charge in [0.15, 0.2) is 0 Å². The normalized spacial score (nSPS) is 17.0. The fourth-order valence-corrected chi connectivity index (χ4v) is 4.36. The number of carbonyl (C=O) groups excluding carboxylic acids is 1. The van der Waals surface area contributed by atoms with Crippen molar-refractivity contribution in [1.82, 2.24) is 5.32 Å². The minimum atomic E-state index is -0.0135. The average Bonchev–Trinajstić information content (AvgIpc) is 2.69. The summed E-state index contributed by atoms with van der Waals surface area (Å²) in [6.07, 6.45) is 10.7. The number of amides is 1. The van der Waals surface area contributed by atoms with Crippen molar-refractivity contribution in [3.63, 3.8) is 0 Å². The lowest BCUT2D eigenvalue weighted by Crippen LogP contribution is -2.33. The topological polar surface area (TPSA) is 29.1 Å². The molecule has 1 amide bonds. The second-order valence-electron chi connectivity index (χ2n) is 5.81. The molecule has 2 nitrogen and oxygen atoms in total. The number of halogens is 1. The van der Waals surface area contributed by atoms with E-state index in [4.69, 9.17) is 11.6 Å². The minimum Gasteiger partial charge on any atom is -0.350 e. The maximum Gasteiger partial charge on any atom is 0.244 e. The van der Waals surface area contributed by atoms with E-state index < -0.39 is 0 Å². The lowest BCUT2D eigenvalue weighted by Gasteiger charge is -2.14. The summed E-state index contributed by atoms with van der Waals surface area (Å²) < 4.78 is 1.15. The molecular weight excluding hydrogens is 314 g/mol. The Morgan fingerprint density at radius 1 is 1.18 bits per heavy atom. The van der Waals surface area contributed by atoms with Crippen molar-refractivity contribution in [3.05, 3.63) is 40.2 Å². The van der Waals surface area contributed by atoms with Gasteiger partial charge in [0.05, 0.1) is 5.02 Å². The summed E-state index contributed by atoms with van der Waals surface area (Å²) >= 11 is 8.00. The molecule has 0 bridgehead atoms. The molecule has 2 aromatic rings. The first-order chi connectivity index (χ1) is 10.7. The van der Waals surface area contributed by atoms with Gasteiger partial charge in [-0.1, -0.05) is 55.5 Å². The van der Waals surface area contributed by atoms with Gasteiger partial charge in [-0.2, -0.15) is 0 Å². The van der Waals surface area contributed by atoms with E-state index in [9.17, 15) is 4.79 Å². The van der Waals surface area contributed by atoms with Gasteiger partial charge in [0.1, 0.15) is 0 Å². The molecule has 1 heterocycles. The fourth-order valence-electron chi connectivity index (χ4n) is 2.96. The number of nitrogens with one attached hydrogen (secondary N) is 1. The first-order valence-corrected chi connectivity index (χ1v) is 9.09. The number of benzene rings is 1. The quantitative estimate of drug-likeness (QED) is 0.590. The molecule has 1 aliphatic carbocycles. The van der Waals surface area contributed by atoms with Crippen LogP contribution in [0, 0.1) is 0 Å². The van der Waals surface area contributed by atoms with E-state index in [0.717, 1.165) is 32.8 Å². The Bertz CT molecular complexity index is 683. The van der Waals surface area contributed by atoms with Gasteiger partial charge in [-0.3, -0.25) is 4.79 Å². The molecule has 3 rings (SSSR count). The van der Waals surface area contributed by atoms with Crippen LogP contribution in [0.4, 0.5) is 0 Å². The molecule has 0 saturated heterocycles. The van der Waals surface area contributed by atoms with Gasteiger partial charge in [0.2, 0.25) is 5.91 Å². The summed E-state index contributed by atoms with van der Waals surface area (Å²) in [5.41, 5.74) is 0. The molecule has 0 spiro atoms. The van der Waals surface area contributed by atoms with E-state index >= 15 is 0 Å². The van der Waals surface area contributed by atoms with E-state index in [0.29, 0.717) is 6.04 Å². The van der Waals surface area contributed by atoms with Crippen LogP contribution in [-0.2, 0) is 4.79 Å². The standard InChI is InChI=1S/C18H20ClNOS/c19-18-14-9-5-6-10-15(14)22-16(18)11-12-17(21)20-13-7-3-1-2-4-8-13/h5-6,9-13H,1-4,7-8H2,(H,20,21)/b12-11+. The zero-order chi connectivity index (χ0) is 15.4. The van der Waals surface area contributed by atoms with E-state index in [2.05, 4.69) is 11.4 Å². The van der Waals surface area contributed by atoms with Crippen LogP contribution in [0.3, 0.4) is 0 Å². The SMILES string of the molecule is O=C(/C=C/c1sc2ccccc2c1Cl)NC1CCCCCC1. The number of rotatable bonds is 3. The van der Waals surface area contributed by atoms with Crippen molar-refractivity contribution in [2.24, 2.45) is 0 Å². The Kier molecular flexibility index (Phi) is 5.16. The first kappa shape index (κ1) is 15.6. The molecule has 22 heavy (non-hydrogen) atoms. The van der Waals surface area contributed by atoms with Crippen LogP contribution < -0.4 is 5.32 Å². The highest BCUT2D eigenvalue weighted by molar-refractivity contribution is 7.20. The predicted octanol–water partition coefficient (Wildman–Crippen LogP) is 5.41. The van der Waals surface area contributed by atoms with Crippen LogP contribution in [0.2, 0.25) is 5.02 Å². The van der Waals surface area contributed by atoms with E-state index in [-0.39, 0.29) is 5.91 Å². The second kappa shape index (κ2) is 7.30. The molecular formula is C18H20ClNOS. The lowest BCUT2D eigenvalue weighted by molar-refractivity contribution is -0.117. The summed E-state index contributed by atoms with van der Waals surface area (Å²) in [5, 5.41) is 4.91. The molecule has 4 heteroatoms. The van der Waals surface area contributed by atoms with E-state index in [1.54, 1.807) is 17.4 Å². The molecule has 1 N–H and O–H groups in total. The largest absolute Gasteiger partial charge is 0.350 e. The summed E-state index contributed by atoms with van der Waals surface area (Å²) in [6.45, 7) is 0. The molecule has 1 fully saturated rings. The van der Waals surface area contributed by atoms with Crippen LogP contribution in [0.25, 0.3) is 16.2 Å².